The van der Waals surface area contributed by atoms with Gasteiger partial charge in [0.25, 0.3) is 0 Å². The predicted molar refractivity (Wildman–Crippen MR) is 87.0 cm³/mol. The maximum absolute atomic E-state index is 12.1. The van der Waals surface area contributed by atoms with Crippen molar-refractivity contribution in [2.45, 2.75) is 17.8 Å². The molecule has 0 saturated carbocycles. The second-order valence-corrected chi connectivity index (χ2v) is 6.73. The van der Waals surface area contributed by atoms with E-state index >= 15 is 0 Å². The Morgan fingerprint density at radius 3 is 2.95 bits per heavy atom. The number of aromatic nitrogens is 1. The molecule has 0 N–H and O–H groups in total. The third-order valence-electron chi connectivity index (χ3n) is 2.90. The molecule has 0 radical (unpaired) electrons. The number of aryl methyl sites for hydroxylation is 1. The van der Waals surface area contributed by atoms with E-state index in [2.05, 4.69) is 4.98 Å². The van der Waals surface area contributed by atoms with Crippen LogP contribution in [0.1, 0.15) is 11.3 Å². The standard InChI is InChI=1S/C15H18N2O2S2/c1-11-9-20-15(16-11)21-10-14(18)17(2)8-12-5-4-6-13(7-12)19-3/h4-7,9H,8,10H2,1-3H3. The van der Waals surface area contributed by atoms with Gasteiger partial charge in [-0.15, -0.1) is 11.3 Å². The maximum Gasteiger partial charge on any atom is 0.233 e. The summed E-state index contributed by atoms with van der Waals surface area (Å²) in [5.74, 6) is 1.31. The number of hydrogen-bond donors (Lipinski definition) is 0. The second-order valence-electron chi connectivity index (χ2n) is 4.64. The lowest BCUT2D eigenvalue weighted by atomic mass is 10.2. The fourth-order valence-corrected chi connectivity index (χ4v) is 3.56. The topological polar surface area (TPSA) is 42.4 Å². The number of thiazole rings is 1. The highest BCUT2D eigenvalue weighted by atomic mass is 32.2. The van der Waals surface area contributed by atoms with Gasteiger partial charge in [0, 0.05) is 24.7 Å². The van der Waals surface area contributed by atoms with Crippen LogP contribution >= 0.6 is 23.1 Å². The number of carbonyl (C=O) groups is 1. The summed E-state index contributed by atoms with van der Waals surface area (Å²) in [6.45, 7) is 2.53. The third-order valence-corrected chi connectivity index (χ3v) is 5.02. The molecule has 4 nitrogen and oxygen atoms in total. The zero-order valence-electron chi connectivity index (χ0n) is 12.3. The summed E-state index contributed by atoms with van der Waals surface area (Å²) in [5, 5.41) is 1.99. The van der Waals surface area contributed by atoms with E-state index in [0.29, 0.717) is 12.3 Å². The number of hydrogen-bond acceptors (Lipinski definition) is 5. The fraction of sp³-hybridized carbons (Fsp3) is 0.333. The normalized spacial score (nSPS) is 10.4. The molecular weight excluding hydrogens is 304 g/mol. The first-order valence-electron chi connectivity index (χ1n) is 6.50. The Bertz CT molecular complexity index is 613. The minimum Gasteiger partial charge on any atom is -0.497 e. The lowest BCUT2D eigenvalue weighted by Gasteiger charge is -2.17. The average Bonchev–Trinajstić information content (AvgIpc) is 2.90. The van der Waals surface area contributed by atoms with Crippen LogP contribution < -0.4 is 4.74 Å². The number of methoxy groups -OCH3 is 1. The van der Waals surface area contributed by atoms with Gasteiger partial charge in [0.2, 0.25) is 5.91 Å². The Morgan fingerprint density at radius 1 is 1.48 bits per heavy atom. The molecule has 6 heteroatoms. The van der Waals surface area contributed by atoms with Crippen LogP contribution in [-0.4, -0.2) is 35.7 Å². The first kappa shape index (κ1) is 15.9. The van der Waals surface area contributed by atoms with Crippen molar-refractivity contribution in [3.05, 3.63) is 40.9 Å². The van der Waals surface area contributed by atoms with Crippen molar-refractivity contribution in [2.75, 3.05) is 19.9 Å². The summed E-state index contributed by atoms with van der Waals surface area (Å²) in [6.07, 6.45) is 0. The molecule has 0 spiro atoms. The molecule has 0 fully saturated rings. The Morgan fingerprint density at radius 2 is 2.29 bits per heavy atom. The van der Waals surface area contributed by atoms with Crippen molar-refractivity contribution in [1.29, 1.82) is 0 Å². The number of thioether (sulfide) groups is 1. The van der Waals surface area contributed by atoms with Crippen LogP contribution in [0, 0.1) is 6.92 Å². The van der Waals surface area contributed by atoms with Gasteiger partial charge in [0.05, 0.1) is 12.9 Å². The van der Waals surface area contributed by atoms with Gasteiger partial charge in [-0.2, -0.15) is 0 Å². The highest BCUT2D eigenvalue weighted by Crippen LogP contribution is 2.22. The monoisotopic (exact) mass is 322 g/mol. The molecular formula is C15H18N2O2S2. The Labute approximate surface area is 133 Å². The molecule has 1 aromatic heterocycles. The quantitative estimate of drug-likeness (QED) is 0.766. The van der Waals surface area contributed by atoms with Gasteiger partial charge < -0.3 is 9.64 Å². The van der Waals surface area contributed by atoms with Crippen LogP contribution in [-0.2, 0) is 11.3 Å². The van der Waals surface area contributed by atoms with Crippen LogP contribution in [0.2, 0.25) is 0 Å². The van der Waals surface area contributed by atoms with Gasteiger partial charge in [0.1, 0.15) is 5.75 Å². The number of ether oxygens (including phenoxy) is 1. The highest BCUT2D eigenvalue weighted by Gasteiger charge is 2.11. The Kier molecular flexibility index (Phi) is 5.64. The maximum atomic E-state index is 12.1. The van der Waals surface area contributed by atoms with E-state index in [9.17, 15) is 4.79 Å². The highest BCUT2D eigenvalue weighted by molar-refractivity contribution is 8.01. The zero-order chi connectivity index (χ0) is 15.2. The van der Waals surface area contributed by atoms with Crippen LogP contribution in [0.4, 0.5) is 0 Å². The number of nitrogens with zero attached hydrogens (tertiary/aromatic N) is 2. The summed E-state index contributed by atoms with van der Waals surface area (Å²) in [7, 11) is 3.45. The molecule has 21 heavy (non-hydrogen) atoms. The van der Waals surface area contributed by atoms with Crippen LogP contribution in [0.15, 0.2) is 34.0 Å². The van der Waals surface area contributed by atoms with Crippen molar-refractivity contribution in [2.24, 2.45) is 0 Å². The lowest BCUT2D eigenvalue weighted by molar-refractivity contribution is -0.127. The molecule has 2 rings (SSSR count). The van der Waals surface area contributed by atoms with Crippen molar-refractivity contribution in [3.63, 3.8) is 0 Å². The SMILES string of the molecule is COc1cccc(CN(C)C(=O)CSc2nc(C)cs2)c1. The van der Waals surface area contributed by atoms with Crippen LogP contribution in [0.25, 0.3) is 0 Å². The molecule has 112 valence electrons. The molecule has 1 amide bonds. The van der Waals surface area contributed by atoms with E-state index in [4.69, 9.17) is 4.74 Å². The molecule has 0 atom stereocenters. The van der Waals surface area contributed by atoms with E-state index in [0.717, 1.165) is 21.3 Å². The molecule has 2 aromatic rings. The number of rotatable bonds is 6. The van der Waals surface area contributed by atoms with Crippen molar-refractivity contribution in [1.82, 2.24) is 9.88 Å². The van der Waals surface area contributed by atoms with Crippen molar-refractivity contribution < 1.29 is 9.53 Å². The summed E-state index contributed by atoms with van der Waals surface area (Å²) >= 11 is 3.06. The zero-order valence-corrected chi connectivity index (χ0v) is 14.0. The van der Waals surface area contributed by atoms with Gasteiger partial charge >= 0.3 is 0 Å². The number of amides is 1. The minimum atomic E-state index is 0.0932. The molecule has 0 aliphatic heterocycles. The largest absolute Gasteiger partial charge is 0.497 e. The molecule has 0 aliphatic carbocycles. The fourth-order valence-electron chi connectivity index (χ4n) is 1.77. The summed E-state index contributed by atoms with van der Waals surface area (Å²) < 4.78 is 6.13. The smallest absolute Gasteiger partial charge is 0.233 e. The van der Waals surface area contributed by atoms with Gasteiger partial charge in [0.15, 0.2) is 4.34 Å². The Balaban J connectivity index is 1.87. The van der Waals surface area contributed by atoms with Gasteiger partial charge in [-0.25, -0.2) is 4.98 Å². The Hall–Kier alpha value is -1.53. The number of carbonyl (C=O) groups excluding carboxylic acids is 1. The minimum absolute atomic E-state index is 0.0932. The first-order valence-corrected chi connectivity index (χ1v) is 8.37. The third kappa shape index (κ3) is 4.75. The van der Waals surface area contributed by atoms with Crippen LogP contribution in [0.3, 0.4) is 0 Å². The lowest BCUT2D eigenvalue weighted by Crippen LogP contribution is -2.27. The van der Waals surface area contributed by atoms with Crippen molar-refractivity contribution >= 4 is 29.0 Å². The molecule has 0 aliphatic rings. The van der Waals surface area contributed by atoms with Crippen molar-refractivity contribution in [3.8, 4) is 5.75 Å². The van der Waals surface area contributed by atoms with E-state index < -0.39 is 0 Å². The average molecular weight is 322 g/mol. The van der Waals surface area contributed by atoms with Gasteiger partial charge in [-0.05, 0) is 24.6 Å². The van der Waals surface area contributed by atoms with E-state index in [-0.39, 0.29) is 5.91 Å². The summed E-state index contributed by atoms with van der Waals surface area (Å²) in [4.78, 5) is 18.2. The predicted octanol–water partition coefficient (Wildman–Crippen LogP) is 3.21. The molecule has 1 aromatic carbocycles. The summed E-state index contributed by atoms with van der Waals surface area (Å²) in [6, 6.07) is 7.76. The van der Waals surface area contributed by atoms with Crippen LogP contribution in [0.5, 0.6) is 5.75 Å². The van der Waals surface area contributed by atoms with E-state index in [1.807, 2.05) is 43.6 Å². The molecule has 1 heterocycles. The van der Waals surface area contributed by atoms with E-state index in [1.54, 1.807) is 23.3 Å². The molecule has 0 saturated heterocycles. The van der Waals surface area contributed by atoms with Gasteiger partial charge in [-0.1, -0.05) is 23.9 Å². The first-order chi connectivity index (χ1) is 10.1. The number of benzene rings is 1. The molecule has 0 bridgehead atoms. The summed E-state index contributed by atoms with van der Waals surface area (Å²) in [5.41, 5.74) is 2.06. The van der Waals surface area contributed by atoms with Gasteiger partial charge in [-0.3, -0.25) is 4.79 Å². The second kappa shape index (κ2) is 7.47. The molecule has 0 unspecified atom stereocenters. The van der Waals surface area contributed by atoms with E-state index in [1.165, 1.54) is 11.8 Å².